The Bertz CT molecular complexity index is 450. The molecule has 0 spiro atoms. The summed E-state index contributed by atoms with van der Waals surface area (Å²) in [7, 11) is 0. The van der Waals surface area contributed by atoms with Crippen LogP contribution in [0.3, 0.4) is 0 Å². The van der Waals surface area contributed by atoms with Gasteiger partial charge >= 0.3 is 0 Å². The monoisotopic (exact) mass is 264 g/mol. The minimum Gasteiger partial charge on any atom is -0.409 e. The van der Waals surface area contributed by atoms with E-state index < -0.39 is 0 Å². The highest BCUT2D eigenvalue weighted by Gasteiger charge is 2.24. The largest absolute Gasteiger partial charge is 0.409 e. The van der Waals surface area contributed by atoms with E-state index in [-0.39, 0.29) is 11.9 Å². The van der Waals surface area contributed by atoms with Crippen molar-refractivity contribution in [2.45, 2.75) is 31.9 Å². The Hall–Kier alpha value is -1.66. The lowest BCUT2D eigenvalue weighted by atomic mass is 10.1. The molecule has 0 saturated heterocycles. The summed E-state index contributed by atoms with van der Waals surface area (Å²) in [6, 6.07) is 3.67. The maximum absolute atomic E-state index is 9.72. The Morgan fingerprint density at radius 1 is 1.53 bits per heavy atom. The van der Waals surface area contributed by atoms with Crippen molar-refractivity contribution >= 4 is 5.84 Å². The van der Waals surface area contributed by atoms with Crippen molar-refractivity contribution in [1.29, 1.82) is 0 Å². The number of nitrogens with two attached hydrogens (primary N) is 1. The van der Waals surface area contributed by atoms with Crippen LogP contribution in [0, 0.1) is 5.92 Å². The number of amidine groups is 1. The molecular formula is C13H20N4O2. The van der Waals surface area contributed by atoms with Crippen molar-refractivity contribution in [2.24, 2.45) is 16.8 Å². The van der Waals surface area contributed by atoms with Crippen LogP contribution in [-0.2, 0) is 6.54 Å². The van der Waals surface area contributed by atoms with Crippen LogP contribution in [0.25, 0.3) is 0 Å². The zero-order valence-corrected chi connectivity index (χ0v) is 10.8. The number of rotatable bonds is 5. The van der Waals surface area contributed by atoms with Crippen LogP contribution in [0.15, 0.2) is 23.5 Å². The molecule has 0 bridgehead atoms. The number of hydrogen-bond acceptors (Lipinski definition) is 5. The third-order valence-corrected chi connectivity index (χ3v) is 3.55. The molecule has 0 aliphatic heterocycles. The summed E-state index contributed by atoms with van der Waals surface area (Å²) in [5, 5.41) is 24.6. The smallest absolute Gasteiger partial charge is 0.188 e. The van der Waals surface area contributed by atoms with Gasteiger partial charge < -0.3 is 21.4 Å². The molecule has 1 aliphatic carbocycles. The molecule has 2 rings (SSSR count). The molecule has 1 aromatic rings. The third-order valence-electron chi connectivity index (χ3n) is 3.55. The average Bonchev–Trinajstić information content (AvgIpc) is 2.84. The molecule has 6 heteroatoms. The van der Waals surface area contributed by atoms with E-state index in [9.17, 15) is 5.11 Å². The van der Waals surface area contributed by atoms with E-state index in [1.54, 1.807) is 12.3 Å². The van der Waals surface area contributed by atoms with Gasteiger partial charge in [0, 0.05) is 19.3 Å². The lowest BCUT2D eigenvalue weighted by molar-refractivity contribution is 0.131. The zero-order chi connectivity index (χ0) is 13.7. The van der Waals surface area contributed by atoms with Gasteiger partial charge in [-0.05, 0) is 36.5 Å². The van der Waals surface area contributed by atoms with E-state index in [2.05, 4.69) is 15.5 Å². The topological polar surface area (TPSA) is 104 Å². The fourth-order valence-electron chi connectivity index (χ4n) is 2.43. The second-order valence-electron chi connectivity index (χ2n) is 4.92. The SMILES string of the molecule is NC(=NO)c1cc(CNCC2CCCC2O)ccn1. The van der Waals surface area contributed by atoms with E-state index >= 15 is 0 Å². The van der Waals surface area contributed by atoms with E-state index in [1.807, 2.05) is 6.07 Å². The van der Waals surface area contributed by atoms with Crippen molar-refractivity contribution in [2.75, 3.05) is 6.54 Å². The Kier molecular flexibility index (Phi) is 4.70. The summed E-state index contributed by atoms with van der Waals surface area (Å²) in [4.78, 5) is 4.02. The second kappa shape index (κ2) is 6.49. The van der Waals surface area contributed by atoms with Gasteiger partial charge in [0.1, 0.15) is 5.69 Å². The summed E-state index contributed by atoms with van der Waals surface area (Å²) in [6.45, 7) is 1.49. The molecule has 104 valence electrons. The second-order valence-corrected chi connectivity index (χ2v) is 4.92. The summed E-state index contributed by atoms with van der Waals surface area (Å²) in [5.74, 6) is 0.360. The van der Waals surface area contributed by atoms with E-state index in [0.717, 1.165) is 31.4 Å². The molecule has 5 N–H and O–H groups in total. The van der Waals surface area contributed by atoms with E-state index in [4.69, 9.17) is 10.9 Å². The number of hydrogen-bond donors (Lipinski definition) is 4. The molecule has 19 heavy (non-hydrogen) atoms. The minimum atomic E-state index is -0.169. The number of aliphatic hydroxyl groups excluding tert-OH is 1. The lowest BCUT2D eigenvalue weighted by Gasteiger charge is -2.15. The summed E-state index contributed by atoms with van der Waals surface area (Å²) in [5.41, 5.74) is 6.97. The predicted molar refractivity (Wildman–Crippen MR) is 71.8 cm³/mol. The van der Waals surface area contributed by atoms with Crippen LogP contribution in [0.1, 0.15) is 30.5 Å². The average molecular weight is 264 g/mol. The first kappa shape index (κ1) is 13.8. The number of aromatic nitrogens is 1. The molecule has 1 saturated carbocycles. The van der Waals surface area contributed by atoms with Crippen LogP contribution in [0.4, 0.5) is 0 Å². The molecule has 0 amide bonds. The first-order valence-electron chi connectivity index (χ1n) is 6.52. The van der Waals surface area contributed by atoms with Crippen LogP contribution in [-0.4, -0.2) is 33.8 Å². The molecule has 0 aromatic carbocycles. The van der Waals surface area contributed by atoms with Gasteiger partial charge in [-0.2, -0.15) is 0 Å². The standard InChI is InChI=1S/C13H20N4O2/c14-13(17-19)11-6-9(4-5-16-11)7-15-8-10-2-1-3-12(10)18/h4-6,10,12,15,18-19H,1-3,7-8H2,(H2,14,17). The molecule has 2 atom stereocenters. The van der Waals surface area contributed by atoms with Gasteiger partial charge in [0.25, 0.3) is 0 Å². The van der Waals surface area contributed by atoms with Crippen LogP contribution in [0.2, 0.25) is 0 Å². The Morgan fingerprint density at radius 3 is 3.05 bits per heavy atom. The third kappa shape index (κ3) is 3.65. The molecule has 0 radical (unpaired) electrons. The van der Waals surface area contributed by atoms with Crippen LogP contribution in [0.5, 0.6) is 0 Å². The Labute approximate surface area is 112 Å². The predicted octanol–water partition coefficient (Wildman–Crippen LogP) is 0.427. The maximum Gasteiger partial charge on any atom is 0.188 e. The fraction of sp³-hybridized carbons (Fsp3) is 0.538. The van der Waals surface area contributed by atoms with Gasteiger partial charge in [-0.15, -0.1) is 0 Å². The van der Waals surface area contributed by atoms with Gasteiger partial charge in [0.2, 0.25) is 0 Å². The van der Waals surface area contributed by atoms with Crippen molar-refractivity contribution in [3.8, 4) is 0 Å². The van der Waals surface area contributed by atoms with E-state index in [0.29, 0.717) is 18.2 Å². The molecule has 1 fully saturated rings. The minimum absolute atomic E-state index is 0.00747. The van der Waals surface area contributed by atoms with Gasteiger partial charge in [0.05, 0.1) is 6.10 Å². The summed E-state index contributed by atoms with van der Waals surface area (Å²) < 4.78 is 0. The van der Waals surface area contributed by atoms with Crippen molar-refractivity contribution in [3.05, 3.63) is 29.6 Å². The zero-order valence-electron chi connectivity index (χ0n) is 10.8. The molecule has 6 nitrogen and oxygen atoms in total. The highest BCUT2D eigenvalue weighted by molar-refractivity contribution is 5.95. The van der Waals surface area contributed by atoms with Gasteiger partial charge in [0.15, 0.2) is 5.84 Å². The molecule has 1 aromatic heterocycles. The van der Waals surface area contributed by atoms with Crippen LogP contribution < -0.4 is 11.1 Å². The first-order valence-corrected chi connectivity index (χ1v) is 6.52. The van der Waals surface area contributed by atoms with Gasteiger partial charge in [-0.3, -0.25) is 4.98 Å². The molecule has 1 heterocycles. The number of oxime groups is 1. The van der Waals surface area contributed by atoms with Crippen molar-refractivity contribution in [1.82, 2.24) is 10.3 Å². The van der Waals surface area contributed by atoms with Crippen molar-refractivity contribution < 1.29 is 10.3 Å². The highest BCUT2D eigenvalue weighted by atomic mass is 16.4. The summed E-state index contributed by atoms with van der Waals surface area (Å²) >= 11 is 0. The molecule has 1 aliphatic rings. The Morgan fingerprint density at radius 2 is 2.37 bits per heavy atom. The Balaban J connectivity index is 1.86. The normalized spacial score (nSPS) is 23.7. The first-order chi connectivity index (χ1) is 9.20. The van der Waals surface area contributed by atoms with Gasteiger partial charge in [-0.25, -0.2) is 0 Å². The quantitative estimate of drug-likeness (QED) is 0.267. The number of aliphatic hydroxyl groups is 1. The number of nitrogens with zero attached hydrogens (tertiary/aromatic N) is 2. The van der Waals surface area contributed by atoms with Crippen molar-refractivity contribution in [3.63, 3.8) is 0 Å². The lowest BCUT2D eigenvalue weighted by Crippen LogP contribution is -2.27. The summed E-state index contributed by atoms with van der Waals surface area (Å²) in [6.07, 6.45) is 4.57. The molecular weight excluding hydrogens is 244 g/mol. The van der Waals surface area contributed by atoms with Crippen LogP contribution >= 0.6 is 0 Å². The van der Waals surface area contributed by atoms with Gasteiger partial charge in [-0.1, -0.05) is 11.6 Å². The fourth-order valence-corrected chi connectivity index (χ4v) is 2.43. The number of nitrogens with one attached hydrogen (secondary N) is 1. The number of pyridine rings is 1. The highest BCUT2D eigenvalue weighted by Crippen LogP contribution is 2.24. The van der Waals surface area contributed by atoms with E-state index in [1.165, 1.54) is 0 Å². The maximum atomic E-state index is 9.72. The molecule has 2 unspecified atom stereocenters.